The van der Waals surface area contributed by atoms with Crippen LogP contribution in [0.3, 0.4) is 0 Å². The number of nitro groups is 1. The fourth-order valence-electron chi connectivity index (χ4n) is 0.286. The summed E-state index contributed by atoms with van der Waals surface area (Å²) < 4.78 is 0. The van der Waals surface area contributed by atoms with Crippen molar-refractivity contribution < 1.29 is 9.76 Å². The zero-order valence-electron chi connectivity index (χ0n) is 3.75. The lowest BCUT2D eigenvalue weighted by Gasteiger charge is -1.81. The molecule has 0 saturated carbocycles. The lowest BCUT2D eigenvalue weighted by atomic mass is 10.5. The number of nitrogens with one attached hydrogen (secondary N) is 1. The minimum atomic E-state index is -0.597. The molecule has 0 atom stereocenters. The first-order chi connectivity index (χ1) is 3.80. The smallest absolute Gasteiger partial charge is 0.266 e. The van der Waals surface area contributed by atoms with Gasteiger partial charge < -0.3 is 0 Å². The fraction of sp³-hybridized carbons (Fsp3) is 0. The van der Waals surface area contributed by atoms with Gasteiger partial charge in [0, 0.05) is 0 Å². The Morgan fingerprint density at radius 1 is 2.00 bits per heavy atom. The average molecular weight is 114 g/mol. The largest absolute Gasteiger partial charge is 0.306 e. The third-order valence-electron chi connectivity index (χ3n) is 0.607. The van der Waals surface area contributed by atoms with E-state index in [0.29, 0.717) is 0 Å². The van der Waals surface area contributed by atoms with Crippen LogP contribution in [-0.4, -0.2) is 4.92 Å². The summed E-state index contributed by atoms with van der Waals surface area (Å²) in [5.74, 6) is 0. The van der Waals surface area contributed by atoms with Crippen LogP contribution in [0.25, 0.3) is 0 Å². The molecule has 0 aromatic rings. The van der Waals surface area contributed by atoms with E-state index >= 15 is 0 Å². The molecule has 0 unspecified atom stereocenters. The second-order valence-electron chi connectivity index (χ2n) is 1.11. The maximum Gasteiger partial charge on any atom is 0.306 e. The Bertz CT molecular complexity index is 141. The first-order valence-corrected chi connectivity index (χ1v) is 1.82. The molecule has 1 N–H and O–H groups in total. The van der Waals surface area contributed by atoms with Gasteiger partial charge in [-0.25, -0.2) is 0 Å². The second-order valence-corrected chi connectivity index (χ2v) is 1.11. The molecule has 0 amide bonds. The van der Waals surface area contributed by atoms with Gasteiger partial charge in [-0.1, -0.05) is 0 Å². The zero-order chi connectivity index (χ0) is 5.98. The predicted molar refractivity (Wildman–Crippen MR) is 22.5 cm³/mol. The monoisotopic (exact) mass is 114 g/mol. The van der Waals surface area contributed by atoms with Gasteiger partial charge in [0.2, 0.25) is 0 Å². The predicted octanol–water partition coefficient (Wildman–Crippen LogP) is -0.322. The van der Waals surface area contributed by atoms with E-state index in [1.807, 2.05) is 6.61 Å². The molecule has 0 aromatic heterocycles. The van der Waals surface area contributed by atoms with Gasteiger partial charge in [-0.3, -0.25) is 20.4 Å². The van der Waals surface area contributed by atoms with E-state index in [9.17, 15) is 10.1 Å². The van der Waals surface area contributed by atoms with Crippen molar-refractivity contribution in [3.63, 3.8) is 0 Å². The van der Waals surface area contributed by atoms with Crippen molar-refractivity contribution in [1.82, 2.24) is 5.48 Å². The summed E-state index contributed by atoms with van der Waals surface area (Å²) in [6, 6.07) is 0. The van der Waals surface area contributed by atoms with Crippen molar-refractivity contribution in [2.45, 2.75) is 0 Å². The van der Waals surface area contributed by atoms with Crippen LogP contribution in [0.5, 0.6) is 0 Å². The van der Waals surface area contributed by atoms with Crippen LogP contribution in [0, 0.1) is 16.7 Å². The Morgan fingerprint density at radius 2 is 2.75 bits per heavy atom. The lowest BCUT2D eigenvalue weighted by Crippen LogP contribution is -1.94. The fourth-order valence-corrected chi connectivity index (χ4v) is 0.286. The molecular weight excluding hydrogens is 112 g/mol. The van der Waals surface area contributed by atoms with Crippen molar-refractivity contribution in [3.8, 4) is 0 Å². The van der Waals surface area contributed by atoms with Crippen molar-refractivity contribution in [2.75, 3.05) is 0 Å². The maximum atomic E-state index is 9.76. The van der Waals surface area contributed by atoms with E-state index in [1.165, 1.54) is 0 Å². The molecule has 8 heavy (non-hydrogen) atoms. The van der Waals surface area contributed by atoms with Crippen molar-refractivity contribution in [1.29, 1.82) is 0 Å². The van der Waals surface area contributed by atoms with Crippen molar-refractivity contribution in [3.05, 3.63) is 28.6 Å². The van der Waals surface area contributed by atoms with Gasteiger partial charge in [-0.15, -0.1) is 0 Å². The highest BCUT2D eigenvalue weighted by Gasteiger charge is 2.17. The van der Waals surface area contributed by atoms with E-state index in [-0.39, 0.29) is 5.70 Å². The van der Waals surface area contributed by atoms with Crippen LogP contribution in [-0.2, 0) is 4.84 Å². The maximum absolute atomic E-state index is 9.76. The minimum Gasteiger partial charge on any atom is -0.266 e. The SMILES string of the molecule is O=[N+]([O-])C1=CNO[C]1. The topological polar surface area (TPSA) is 64.4 Å². The van der Waals surface area contributed by atoms with Gasteiger partial charge in [-0.2, -0.15) is 0 Å². The van der Waals surface area contributed by atoms with Gasteiger partial charge in [-0.05, 0) is 0 Å². The normalized spacial score (nSPS) is 17.2. The van der Waals surface area contributed by atoms with Crippen LogP contribution < -0.4 is 5.48 Å². The van der Waals surface area contributed by atoms with Crippen LogP contribution in [0.1, 0.15) is 0 Å². The Labute approximate surface area is 45.0 Å². The number of hydrogen-bond acceptors (Lipinski definition) is 4. The molecule has 5 nitrogen and oxygen atoms in total. The summed E-state index contributed by atoms with van der Waals surface area (Å²) in [6.07, 6.45) is 1.11. The Kier molecular flexibility index (Phi) is 1.13. The summed E-state index contributed by atoms with van der Waals surface area (Å²) in [5, 5.41) is 9.76. The van der Waals surface area contributed by atoms with E-state index in [4.69, 9.17) is 0 Å². The zero-order valence-corrected chi connectivity index (χ0v) is 3.75. The highest BCUT2D eigenvalue weighted by Crippen LogP contribution is 2.03. The second kappa shape index (κ2) is 1.79. The Morgan fingerprint density at radius 3 is 3.00 bits per heavy atom. The summed E-state index contributed by atoms with van der Waals surface area (Å²) in [7, 11) is 0. The van der Waals surface area contributed by atoms with E-state index in [0.717, 1.165) is 6.20 Å². The third kappa shape index (κ3) is 0.760. The van der Waals surface area contributed by atoms with Crippen LogP contribution in [0.15, 0.2) is 11.9 Å². The summed E-state index contributed by atoms with van der Waals surface area (Å²) in [5.41, 5.74) is 1.95. The third-order valence-corrected chi connectivity index (χ3v) is 0.607. The van der Waals surface area contributed by atoms with Crippen LogP contribution in [0.2, 0.25) is 0 Å². The molecule has 1 heterocycles. The molecule has 0 spiro atoms. The van der Waals surface area contributed by atoms with Gasteiger partial charge in [0.05, 0.1) is 4.92 Å². The van der Waals surface area contributed by atoms with Gasteiger partial charge in [0.25, 0.3) is 6.61 Å². The molecular formula is C3H2N2O3. The molecule has 1 rings (SSSR count). The summed E-state index contributed by atoms with van der Waals surface area (Å²) >= 11 is 0. The number of hydrogen-bond donors (Lipinski definition) is 1. The molecule has 0 saturated heterocycles. The van der Waals surface area contributed by atoms with Gasteiger partial charge in [0.1, 0.15) is 6.20 Å². The van der Waals surface area contributed by atoms with Gasteiger partial charge >= 0.3 is 5.70 Å². The van der Waals surface area contributed by atoms with E-state index in [2.05, 4.69) is 10.3 Å². The number of hydroxylamine groups is 1. The summed E-state index contributed by atoms with van der Waals surface area (Å²) in [4.78, 5) is 13.3. The first kappa shape index (κ1) is 5.04. The minimum absolute atomic E-state index is 0.190. The quantitative estimate of drug-likeness (QED) is 0.374. The Balaban J connectivity index is 2.57. The van der Waals surface area contributed by atoms with E-state index in [1.54, 1.807) is 0 Å². The molecule has 42 valence electrons. The van der Waals surface area contributed by atoms with Gasteiger partial charge in [0.15, 0.2) is 0 Å². The standard InChI is InChI=1S/C3H2N2O3/c6-5(7)3-1-4-8-2-3/h1,4H. The Hall–Kier alpha value is -1.10. The highest BCUT2D eigenvalue weighted by atomic mass is 16.7. The molecule has 0 fully saturated rings. The molecule has 0 bridgehead atoms. The first-order valence-electron chi connectivity index (χ1n) is 1.82. The summed E-state index contributed by atoms with van der Waals surface area (Å²) in [6.45, 7) is 2.01. The van der Waals surface area contributed by atoms with Crippen LogP contribution in [0.4, 0.5) is 0 Å². The molecule has 0 aliphatic carbocycles. The molecule has 0 aromatic carbocycles. The molecule has 2 radical (unpaired) electrons. The highest BCUT2D eigenvalue weighted by molar-refractivity contribution is 5.00. The number of nitrogens with zero attached hydrogens (tertiary/aromatic N) is 1. The molecule has 1 aliphatic rings. The number of rotatable bonds is 1. The average Bonchev–Trinajstić information content (AvgIpc) is 2.12. The van der Waals surface area contributed by atoms with Crippen LogP contribution >= 0.6 is 0 Å². The van der Waals surface area contributed by atoms with E-state index < -0.39 is 4.92 Å². The lowest BCUT2D eigenvalue weighted by molar-refractivity contribution is -0.423. The van der Waals surface area contributed by atoms with Crippen molar-refractivity contribution >= 4 is 0 Å². The van der Waals surface area contributed by atoms with Crippen molar-refractivity contribution in [2.24, 2.45) is 0 Å². The molecule has 5 heteroatoms. The molecule has 1 aliphatic heterocycles.